The smallest absolute Gasteiger partial charge is 0.243 e. The standard InChI is InChI=1S/C20H30N4OS.HI/c1-24(2)19(25)13-21-20(23-18-8-5-11-26-14-18)22-17-10-9-15-6-3-4-7-16(15)12-17;/h3-4,6-7,17-18H,5,8-14H2,1-2H3,(H2,21,22,23);1H. The van der Waals surface area contributed by atoms with Crippen molar-refractivity contribution in [2.45, 2.75) is 44.2 Å². The molecule has 7 heteroatoms. The van der Waals surface area contributed by atoms with E-state index in [4.69, 9.17) is 0 Å². The summed E-state index contributed by atoms with van der Waals surface area (Å²) in [5.74, 6) is 3.17. The molecule has 1 aliphatic carbocycles. The van der Waals surface area contributed by atoms with Crippen LogP contribution in [0.4, 0.5) is 0 Å². The molecular weight excluding hydrogens is 471 g/mol. The number of carbonyl (C=O) groups excluding carboxylic acids is 1. The molecule has 1 heterocycles. The van der Waals surface area contributed by atoms with E-state index < -0.39 is 0 Å². The highest BCUT2D eigenvalue weighted by Gasteiger charge is 2.21. The van der Waals surface area contributed by atoms with Crippen LogP contribution in [0.5, 0.6) is 0 Å². The molecule has 0 spiro atoms. The fraction of sp³-hybridized carbons (Fsp3) is 0.600. The Balaban J connectivity index is 0.00000261. The maximum absolute atomic E-state index is 12.0. The van der Waals surface area contributed by atoms with Crippen molar-refractivity contribution in [3.8, 4) is 0 Å². The lowest BCUT2D eigenvalue weighted by atomic mass is 9.88. The highest BCUT2D eigenvalue weighted by molar-refractivity contribution is 14.0. The second-order valence-corrected chi connectivity index (χ2v) is 8.51. The molecule has 2 atom stereocenters. The van der Waals surface area contributed by atoms with Gasteiger partial charge in [0, 0.05) is 31.9 Å². The summed E-state index contributed by atoms with van der Waals surface area (Å²) < 4.78 is 0. The molecule has 1 aromatic rings. The first kappa shape index (κ1) is 22.3. The van der Waals surface area contributed by atoms with Crippen molar-refractivity contribution in [1.82, 2.24) is 15.5 Å². The Bertz CT molecular complexity index is 647. The van der Waals surface area contributed by atoms with Crippen LogP contribution < -0.4 is 10.6 Å². The van der Waals surface area contributed by atoms with Crippen LogP contribution >= 0.6 is 35.7 Å². The highest BCUT2D eigenvalue weighted by Crippen LogP contribution is 2.21. The van der Waals surface area contributed by atoms with Crippen molar-refractivity contribution in [1.29, 1.82) is 0 Å². The highest BCUT2D eigenvalue weighted by atomic mass is 127. The van der Waals surface area contributed by atoms with Crippen molar-refractivity contribution < 1.29 is 4.79 Å². The predicted molar refractivity (Wildman–Crippen MR) is 125 cm³/mol. The zero-order valence-electron chi connectivity index (χ0n) is 16.2. The average molecular weight is 502 g/mol. The maximum Gasteiger partial charge on any atom is 0.243 e. The number of nitrogens with one attached hydrogen (secondary N) is 2. The number of likely N-dealkylation sites (N-methyl/N-ethyl adjacent to an activating group) is 1. The van der Waals surface area contributed by atoms with Gasteiger partial charge in [-0.05, 0) is 49.0 Å². The predicted octanol–water partition coefficient (Wildman–Crippen LogP) is 2.68. The van der Waals surface area contributed by atoms with Crippen LogP contribution in [0, 0.1) is 0 Å². The lowest BCUT2D eigenvalue weighted by molar-refractivity contribution is -0.127. The second kappa shape index (κ2) is 11.1. The van der Waals surface area contributed by atoms with Crippen molar-refractivity contribution in [3.63, 3.8) is 0 Å². The third-order valence-electron chi connectivity index (χ3n) is 5.06. The quantitative estimate of drug-likeness (QED) is 0.378. The largest absolute Gasteiger partial charge is 0.353 e. The fourth-order valence-corrected chi connectivity index (χ4v) is 4.56. The SMILES string of the molecule is CN(C)C(=O)CN=C(NC1CCCSC1)NC1CCc2ccccc2C1.I. The summed E-state index contributed by atoms with van der Waals surface area (Å²) in [5, 5.41) is 7.17. The number of hydrogen-bond acceptors (Lipinski definition) is 3. The normalized spacial score (nSPS) is 22.2. The molecule has 3 rings (SSSR count). The summed E-state index contributed by atoms with van der Waals surface area (Å²) in [4.78, 5) is 18.1. The van der Waals surface area contributed by atoms with Gasteiger partial charge in [0.25, 0.3) is 0 Å². The minimum Gasteiger partial charge on any atom is -0.353 e. The topological polar surface area (TPSA) is 56.7 Å². The number of thioether (sulfide) groups is 1. The van der Waals surface area contributed by atoms with Crippen molar-refractivity contribution >= 4 is 47.6 Å². The van der Waals surface area contributed by atoms with E-state index >= 15 is 0 Å². The minimum absolute atomic E-state index is 0. The van der Waals surface area contributed by atoms with E-state index in [1.54, 1.807) is 19.0 Å². The van der Waals surface area contributed by atoms with E-state index in [0.29, 0.717) is 12.1 Å². The number of nitrogens with zero attached hydrogens (tertiary/aromatic N) is 2. The fourth-order valence-electron chi connectivity index (χ4n) is 3.48. The maximum atomic E-state index is 12.0. The van der Waals surface area contributed by atoms with Gasteiger partial charge in [-0.2, -0.15) is 11.8 Å². The summed E-state index contributed by atoms with van der Waals surface area (Å²) >= 11 is 1.99. The van der Waals surface area contributed by atoms with Crippen LogP contribution in [0.15, 0.2) is 29.3 Å². The average Bonchev–Trinajstić information content (AvgIpc) is 2.66. The van der Waals surface area contributed by atoms with E-state index in [2.05, 4.69) is 39.9 Å². The Morgan fingerprint density at radius 3 is 2.63 bits per heavy atom. The Hall–Kier alpha value is -0.960. The number of aryl methyl sites for hydroxylation is 1. The number of benzene rings is 1. The Morgan fingerprint density at radius 1 is 1.19 bits per heavy atom. The van der Waals surface area contributed by atoms with Gasteiger partial charge in [0.1, 0.15) is 6.54 Å². The number of fused-ring (bicyclic) bond motifs is 1. The van der Waals surface area contributed by atoms with Crippen molar-refractivity contribution in [2.75, 3.05) is 32.1 Å². The molecular formula is C20H31IN4OS. The summed E-state index contributed by atoms with van der Waals surface area (Å²) in [6, 6.07) is 9.49. The summed E-state index contributed by atoms with van der Waals surface area (Å²) in [6.45, 7) is 0.186. The van der Waals surface area contributed by atoms with Crippen molar-refractivity contribution in [3.05, 3.63) is 35.4 Å². The molecule has 27 heavy (non-hydrogen) atoms. The molecule has 5 nitrogen and oxygen atoms in total. The van der Waals surface area contributed by atoms with Crippen LogP contribution in [0.3, 0.4) is 0 Å². The number of carbonyl (C=O) groups is 1. The summed E-state index contributed by atoms with van der Waals surface area (Å²) in [7, 11) is 3.54. The van der Waals surface area contributed by atoms with Crippen LogP contribution in [-0.2, 0) is 17.6 Å². The molecule has 0 bridgehead atoms. The number of rotatable bonds is 4. The van der Waals surface area contributed by atoms with Gasteiger partial charge in [-0.25, -0.2) is 4.99 Å². The Morgan fingerprint density at radius 2 is 1.93 bits per heavy atom. The molecule has 2 N–H and O–H groups in total. The third kappa shape index (κ3) is 6.85. The molecule has 1 fully saturated rings. The van der Waals surface area contributed by atoms with Crippen molar-refractivity contribution in [2.24, 2.45) is 4.99 Å². The number of guanidine groups is 1. The third-order valence-corrected chi connectivity index (χ3v) is 6.28. The first-order valence-corrected chi connectivity index (χ1v) is 10.7. The minimum atomic E-state index is 0. The number of aliphatic imine (C=N–C) groups is 1. The van der Waals surface area contributed by atoms with Crippen LogP contribution in [0.2, 0.25) is 0 Å². The van der Waals surface area contributed by atoms with E-state index in [0.717, 1.165) is 31.0 Å². The van der Waals surface area contributed by atoms with Gasteiger partial charge in [0.2, 0.25) is 5.91 Å². The van der Waals surface area contributed by atoms with E-state index in [9.17, 15) is 4.79 Å². The van der Waals surface area contributed by atoms with Gasteiger partial charge in [0.15, 0.2) is 5.96 Å². The molecule has 0 saturated carbocycles. The van der Waals surface area contributed by atoms with Crippen LogP contribution in [-0.4, -0.2) is 61.0 Å². The van der Waals surface area contributed by atoms with E-state index in [1.807, 2.05) is 11.8 Å². The van der Waals surface area contributed by atoms with Gasteiger partial charge < -0.3 is 15.5 Å². The first-order chi connectivity index (χ1) is 12.6. The zero-order chi connectivity index (χ0) is 18.4. The van der Waals surface area contributed by atoms with Gasteiger partial charge in [0.05, 0.1) is 0 Å². The summed E-state index contributed by atoms with van der Waals surface area (Å²) in [5.41, 5.74) is 2.89. The van der Waals surface area contributed by atoms with Gasteiger partial charge in [-0.3, -0.25) is 4.79 Å². The molecule has 2 aliphatic rings. The van der Waals surface area contributed by atoms with E-state index in [-0.39, 0.29) is 36.4 Å². The van der Waals surface area contributed by atoms with Crippen LogP contribution in [0.1, 0.15) is 30.4 Å². The summed E-state index contributed by atoms with van der Waals surface area (Å²) in [6.07, 6.45) is 5.61. The van der Waals surface area contributed by atoms with Gasteiger partial charge >= 0.3 is 0 Å². The molecule has 0 aromatic heterocycles. The van der Waals surface area contributed by atoms with E-state index in [1.165, 1.54) is 29.7 Å². The van der Waals surface area contributed by atoms with Gasteiger partial charge in [-0.1, -0.05) is 24.3 Å². The monoisotopic (exact) mass is 502 g/mol. The van der Waals surface area contributed by atoms with Crippen LogP contribution in [0.25, 0.3) is 0 Å². The Labute approximate surface area is 184 Å². The number of hydrogen-bond donors (Lipinski definition) is 2. The molecule has 1 aliphatic heterocycles. The lowest BCUT2D eigenvalue weighted by Crippen LogP contribution is -2.50. The lowest BCUT2D eigenvalue weighted by Gasteiger charge is -2.30. The molecule has 0 radical (unpaired) electrons. The zero-order valence-corrected chi connectivity index (χ0v) is 19.4. The molecule has 1 saturated heterocycles. The number of amides is 1. The molecule has 2 unspecified atom stereocenters. The molecule has 1 amide bonds. The van der Waals surface area contributed by atoms with Gasteiger partial charge in [-0.15, -0.1) is 24.0 Å². The first-order valence-electron chi connectivity index (χ1n) is 9.54. The number of halogens is 1. The second-order valence-electron chi connectivity index (χ2n) is 7.36. The molecule has 1 aromatic carbocycles. The Kier molecular flexibility index (Phi) is 9.21. The molecule has 150 valence electrons.